The normalized spacial score (nSPS) is 16.5. The molecule has 2 aromatic carbocycles. The van der Waals surface area contributed by atoms with E-state index in [1.807, 2.05) is 24.3 Å². The smallest absolute Gasteiger partial charge is 0.115 e. The molecule has 0 bridgehead atoms. The highest BCUT2D eigenvalue weighted by Gasteiger charge is 2.23. The Morgan fingerprint density at radius 3 is 2.90 bits per heavy atom. The Morgan fingerprint density at radius 2 is 2.10 bits per heavy atom. The van der Waals surface area contributed by atoms with Crippen LogP contribution in [-0.4, -0.2) is 5.11 Å². The third kappa shape index (κ3) is 2.37. The van der Waals surface area contributed by atoms with Crippen molar-refractivity contribution in [2.24, 2.45) is 0 Å². The van der Waals surface area contributed by atoms with Crippen LogP contribution in [0.25, 0.3) is 0 Å². The molecular formula is C16H13BrN2O. The van der Waals surface area contributed by atoms with E-state index >= 15 is 0 Å². The van der Waals surface area contributed by atoms with Crippen molar-refractivity contribution in [3.05, 3.63) is 57.6 Å². The van der Waals surface area contributed by atoms with Crippen molar-refractivity contribution >= 4 is 21.6 Å². The fourth-order valence-electron chi connectivity index (χ4n) is 2.67. The summed E-state index contributed by atoms with van der Waals surface area (Å²) >= 11 is 3.43. The fourth-order valence-corrected chi connectivity index (χ4v) is 3.04. The van der Waals surface area contributed by atoms with Crippen LogP contribution in [0.5, 0.6) is 5.75 Å². The van der Waals surface area contributed by atoms with E-state index < -0.39 is 0 Å². The Balaban J connectivity index is 1.91. The van der Waals surface area contributed by atoms with Crippen LogP contribution >= 0.6 is 15.9 Å². The molecular weight excluding hydrogens is 316 g/mol. The van der Waals surface area contributed by atoms with Crippen LogP contribution in [0.2, 0.25) is 0 Å². The zero-order chi connectivity index (χ0) is 14.1. The summed E-state index contributed by atoms with van der Waals surface area (Å²) in [4.78, 5) is 0. The molecule has 0 saturated carbocycles. The number of hydrogen-bond acceptors (Lipinski definition) is 3. The first-order chi connectivity index (χ1) is 9.67. The summed E-state index contributed by atoms with van der Waals surface area (Å²) in [5, 5.41) is 22.1. The van der Waals surface area contributed by atoms with Gasteiger partial charge in [-0.25, -0.2) is 0 Å². The maximum absolute atomic E-state index is 9.52. The predicted molar refractivity (Wildman–Crippen MR) is 81.6 cm³/mol. The SMILES string of the molecule is N#Cc1ccc(Br)cc1NC1CCc2cc(O)ccc21. The van der Waals surface area contributed by atoms with Crippen LogP contribution in [0.15, 0.2) is 40.9 Å². The van der Waals surface area contributed by atoms with E-state index in [0.29, 0.717) is 11.3 Å². The van der Waals surface area contributed by atoms with Gasteiger partial charge >= 0.3 is 0 Å². The number of fused-ring (bicyclic) bond motifs is 1. The lowest BCUT2D eigenvalue weighted by atomic mass is 10.1. The van der Waals surface area contributed by atoms with E-state index in [-0.39, 0.29) is 6.04 Å². The Morgan fingerprint density at radius 1 is 1.25 bits per heavy atom. The third-order valence-corrected chi connectivity index (χ3v) is 4.13. The van der Waals surface area contributed by atoms with Crippen molar-refractivity contribution in [2.75, 3.05) is 5.32 Å². The number of phenolic OH excluding ortho intramolecular Hbond substituents is 1. The lowest BCUT2D eigenvalue weighted by Crippen LogP contribution is -2.08. The first-order valence-corrected chi connectivity index (χ1v) is 7.24. The maximum atomic E-state index is 9.52. The molecule has 4 heteroatoms. The molecule has 1 atom stereocenters. The minimum atomic E-state index is 0.187. The van der Waals surface area contributed by atoms with E-state index in [1.165, 1.54) is 11.1 Å². The summed E-state index contributed by atoms with van der Waals surface area (Å²) in [6.07, 6.45) is 1.91. The number of halogens is 1. The average molecular weight is 329 g/mol. The molecule has 1 aliphatic carbocycles. The van der Waals surface area contributed by atoms with Crippen molar-refractivity contribution < 1.29 is 5.11 Å². The standard InChI is InChI=1S/C16H13BrN2O/c17-12-3-1-11(9-18)16(8-12)19-15-6-2-10-7-13(20)4-5-14(10)15/h1,3-5,7-8,15,19-20H,2,6H2. The number of aromatic hydroxyl groups is 1. The van der Waals surface area contributed by atoms with Gasteiger partial charge in [0.15, 0.2) is 0 Å². The molecule has 3 rings (SSSR count). The number of rotatable bonds is 2. The molecule has 3 nitrogen and oxygen atoms in total. The fraction of sp³-hybridized carbons (Fsp3) is 0.188. The Hall–Kier alpha value is -1.99. The van der Waals surface area contributed by atoms with Crippen LogP contribution in [0.1, 0.15) is 29.2 Å². The number of phenols is 1. The van der Waals surface area contributed by atoms with Gasteiger partial charge < -0.3 is 10.4 Å². The molecule has 0 aromatic heterocycles. The van der Waals surface area contributed by atoms with Gasteiger partial charge in [-0.05, 0) is 54.3 Å². The lowest BCUT2D eigenvalue weighted by molar-refractivity contribution is 0.474. The summed E-state index contributed by atoms with van der Waals surface area (Å²) in [7, 11) is 0. The monoisotopic (exact) mass is 328 g/mol. The van der Waals surface area contributed by atoms with E-state index in [9.17, 15) is 10.4 Å². The lowest BCUT2D eigenvalue weighted by Gasteiger charge is -2.17. The number of nitrogens with zero attached hydrogens (tertiary/aromatic N) is 1. The van der Waals surface area contributed by atoms with Gasteiger partial charge in [0.05, 0.1) is 17.3 Å². The molecule has 0 spiro atoms. The van der Waals surface area contributed by atoms with Crippen LogP contribution < -0.4 is 5.32 Å². The molecule has 100 valence electrons. The van der Waals surface area contributed by atoms with Crippen molar-refractivity contribution in [1.29, 1.82) is 5.26 Å². The molecule has 1 aliphatic rings. The highest BCUT2D eigenvalue weighted by molar-refractivity contribution is 9.10. The second-order valence-electron chi connectivity index (χ2n) is 4.92. The molecule has 0 radical (unpaired) electrons. The number of nitriles is 1. The predicted octanol–water partition coefficient (Wildman–Crippen LogP) is 4.13. The van der Waals surface area contributed by atoms with Crippen molar-refractivity contribution in [2.45, 2.75) is 18.9 Å². The highest BCUT2D eigenvalue weighted by atomic mass is 79.9. The minimum absolute atomic E-state index is 0.187. The summed E-state index contributed by atoms with van der Waals surface area (Å²) in [6.45, 7) is 0. The van der Waals surface area contributed by atoms with Crippen LogP contribution in [0, 0.1) is 11.3 Å². The molecule has 1 unspecified atom stereocenters. The van der Waals surface area contributed by atoms with E-state index in [1.54, 1.807) is 12.1 Å². The average Bonchev–Trinajstić information content (AvgIpc) is 2.81. The van der Waals surface area contributed by atoms with Crippen molar-refractivity contribution in [3.63, 3.8) is 0 Å². The molecule has 0 heterocycles. The number of nitrogens with one attached hydrogen (secondary N) is 1. The second-order valence-corrected chi connectivity index (χ2v) is 5.84. The Bertz CT molecular complexity index is 706. The summed E-state index contributed by atoms with van der Waals surface area (Å²) in [5.41, 5.74) is 3.86. The molecule has 0 fully saturated rings. The molecule has 2 N–H and O–H groups in total. The summed E-state index contributed by atoms with van der Waals surface area (Å²) in [6, 6.07) is 13.5. The highest BCUT2D eigenvalue weighted by Crippen LogP contribution is 2.36. The number of aryl methyl sites for hydroxylation is 1. The molecule has 0 saturated heterocycles. The third-order valence-electron chi connectivity index (χ3n) is 3.64. The van der Waals surface area contributed by atoms with Crippen LogP contribution in [0.4, 0.5) is 5.69 Å². The van der Waals surface area contributed by atoms with Gasteiger partial charge in [-0.15, -0.1) is 0 Å². The van der Waals surface area contributed by atoms with Gasteiger partial charge in [0.25, 0.3) is 0 Å². The van der Waals surface area contributed by atoms with Crippen molar-refractivity contribution in [3.8, 4) is 11.8 Å². The van der Waals surface area contributed by atoms with Crippen molar-refractivity contribution in [1.82, 2.24) is 0 Å². The van der Waals surface area contributed by atoms with Gasteiger partial charge in [-0.1, -0.05) is 22.0 Å². The first-order valence-electron chi connectivity index (χ1n) is 6.45. The van der Waals surface area contributed by atoms with E-state index in [4.69, 9.17) is 0 Å². The molecule has 2 aromatic rings. The minimum Gasteiger partial charge on any atom is -0.508 e. The first kappa shape index (κ1) is 13.0. The zero-order valence-corrected chi connectivity index (χ0v) is 12.3. The zero-order valence-electron chi connectivity index (χ0n) is 10.7. The van der Waals surface area contributed by atoms with Gasteiger partial charge in [-0.3, -0.25) is 0 Å². The van der Waals surface area contributed by atoms with Gasteiger partial charge in [0, 0.05) is 4.47 Å². The topological polar surface area (TPSA) is 56.0 Å². The summed E-state index contributed by atoms with van der Waals surface area (Å²) in [5.74, 6) is 0.310. The quantitative estimate of drug-likeness (QED) is 0.871. The number of benzene rings is 2. The number of anilines is 1. The summed E-state index contributed by atoms with van der Waals surface area (Å²) < 4.78 is 0.947. The molecule has 0 amide bonds. The van der Waals surface area contributed by atoms with Gasteiger partial charge in [0.1, 0.15) is 11.8 Å². The second kappa shape index (κ2) is 5.18. The van der Waals surface area contributed by atoms with Crippen LogP contribution in [-0.2, 0) is 6.42 Å². The molecule has 0 aliphatic heterocycles. The van der Waals surface area contributed by atoms with Gasteiger partial charge in [0.2, 0.25) is 0 Å². The van der Waals surface area contributed by atoms with Gasteiger partial charge in [-0.2, -0.15) is 5.26 Å². The largest absolute Gasteiger partial charge is 0.508 e. The Kier molecular flexibility index (Phi) is 3.37. The van der Waals surface area contributed by atoms with Crippen LogP contribution in [0.3, 0.4) is 0 Å². The number of hydrogen-bond donors (Lipinski definition) is 2. The van der Waals surface area contributed by atoms with E-state index in [0.717, 1.165) is 23.0 Å². The Labute approximate surface area is 126 Å². The van der Waals surface area contributed by atoms with E-state index in [2.05, 4.69) is 27.3 Å². The maximum Gasteiger partial charge on any atom is 0.115 e. The molecule has 20 heavy (non-hydrogen) atoms.